The molecule has 1 aliphatic heterocycles. The molecule has 1 heterocycles. The molecule has 122 valence electrons. The van der Waals surface area contributed by atoms with Gasteiger partial charge in [0, 0.05) is 29.9 Å². The van der Waals surface area contributed by atoms with Crippen LogP contribution in [0.25, 0.3) is 0 Å². The summed E-state index contributed by atoms with van der Waals surface area (Å²) in [5, 5.41) is 15.4. The summed E-state index contributed by atoms with van der Waals surface area (Å²) in [7, 11) is 0. The van der Waals surface area contributed by atoms with Crippen molar-refractivity contribution < 1.29 is 9.53 Å². The molecule has 2 N–H and O–H groups in total. The van der Waals surface area contributed by atoms with Gasteiger partial charge in [-0.25, -0.2) is 0 Å². The van der Waals surface area contributed by atoms with E-state index in [4.69, 9.17) is 10.00 Å². The van der Waals surface area contributed by atoms with Crippen LogP contribution in [-0.4, -0.2) is 24.7 Å². The highest BCUT2D eigenvalue weighted by Crippen LogP contribution is 2.26. The second kappa shape index (κ2) is 7.47. The lowest BCUT2D eigenvalue weighted by Gasteiger charge is -2.27. The van der Waals surface area contributed by atoms with Gasteiger partial charge < -0.3 is 15.4 Å². The van der Waals surface area contributed by atoms with Crippen LogP contribution >= 0.6 is 0 Å². The lowest BCUT2D eigenvalue weighted by molar-refractivity contribution is -0.124. The number of nitriles is 1. The number of benzene rings is 1. The first-order valence-electron chi connectivity index (χ1n) is 8.43. The standard InChI is InChI=1S/C18H23N3O2/c19-12-13-3-1-4-16(11-13)20-14-6-8-15(9-7-14)21-18(22)17-5-2-10-23-17/h6-9,13,16-17,20H,1-5,10-11H2,(H,21,22)/t13-,16-,17+/m1/s1. The molecule has 5 heteroatoms. The molecule has 3 atom stereocenters. The maximum absolute atomic E-state index is 12.0. The lowest BCUT2D eigenvalue weighted by atomic mass is 9.86. The van der Waals surface area contributed by atoms with Crippen LogP contribution in [0.5, 0.6) is 0 Å². The van der Waals surface area contributed by atoms with Crippen LogP contribution in [0.4, 0.5) is 11.4 Å². The zero-order chi connectivity index (χ0) is 16.1. The maximum atomic E-state index is 12.0. The molecule has 0 radical (unpaired) electrons. The summed E-state index contributed by atoms with van der Waals surface area (Å²) in [6, 6.07) is 10.5. The summed E-state index contributed by atoms with van der Waals surface area (Å²) in [4.78, 5) is 12.0. The number of anilines is 2. The van der Waals surface area contributed by atoms with Crippen LogP contribution in [-0.2, 0) is 9.53 Å². The van der Waals surface area contributed by atoms with Crippen molar-refractivity contribution in [1.29, 1.82) is 5.26 Å². The predicted octanol–water partition coefficient (Wildman–Crippen LogP) is 3.30. The van der Waals surface area contributed by atoms with Crippen molar-refractivity contribution in [3.05, 3.63) is 24.3 Å². The first-order valence-corrected chi connectivity index (χ1v) is 8.43. The predicted molar refractivity (Wildman–Crippen MR) is 89.0 cm³/mol. The molecule has 1 aromatic carbocycles. The van der Waals surface area contributed by atoms with Gasteiger partial charge in [-0.15, -0.1) is 0 Å². The van der Waals surface area contributed by atoms with Crippen LogP contribution in [0.3, 0.4) is 0 Å². The van der Waals surface area contributed by atoms with Gasteiger partial charge in [-0.05, 0) is 56.4 Å². The number of amides is 1. The highest BCUT2D eigenvalue weighted by atomic mass is 16.5. The Bertz CT molecular complexity index is 573. The molecule has 1 saturated heterocycles. The minimum atomic E-state index is -0.307. The first kappa shape index (κ1) is 15.8. The molecule has 5 nitrogen and oxygen atoms in total. The minimum Gasteiger partial charge on any atom is -0.382 e. The highest BCUT2D eigenvalue weighted by Gasteiger charge is 2.24. The molecule has 23 heavy (non-hydrogen) atoms. The average Bonchev–Trinajstić information content (AvgIpc) is 3.11. The van der Waals surface area contributed by atoms with Crippen molar-refractivity contribution >= 4 is 17.3 Å². The fourth-order valence-corrected chi connectivity index (χ4v) is 3.33. The zero-order valence-electron chi connectivity index (χ0n) is 13.3. The van der Waals surface area contributed by atoms with Crippen LogP contribution in [0.15, 0.2) is 24.3 Å². The van der Waals surface area contributed by atoms with E-state index < -0.39 is 0 Å². The van der Waals surface area contributed by atoms with E-state index in [1.54, 1.807) is 0 Å². The van der Waals surface area contributed by atoms with Crippen molar-refractivity contribution in [3.63, 3.8) is 0 Å². The molecule has 3 rings (SSSR count). The third kappa shape index (κ3) is 4.23. The van der Waals surface area contributed by atoms with Crippen molar-refractivity contribution in [3.8, 4) is 6.07 Å². The number of hydrogen-bond acceptors (Lipinski definition) is 4. The van der Waals surface area contributed by atoms with Crippen LogP contribution in [0.1, 0.15) is 38.5 Å². The number of rotatable bonds is 4. The fraction of sp³-hybridized carbons (Fsp3) is 0.556. The summed E-state index contributed by atoms with van der Waals surface area (Å²) >= 11 is 0. The Morgan fingerprint density at radius 2 is 1.91 bits per heavy atom. The molecular weight excluding hydrogens is 290 g/mol. The van der Waals surface area contributed by atoms with Gasteiger partial charge in [0.1, 0.15) is 6.10 Å². The number of nitrogens with one attached hydrogen (secondary N) is 2. The second-order valence-electron chi connectivity index (χ2n) is 6.40. The molecule has 2 fully saturated rings. The summed E-state index contributed by atoms with van der Waals surface area (Å²) in [5.41, 5.74) is 1.82. The van der Waals surface area contributed by atoms with Gasteiger partial charge in [-0.1, -0.05) is 6.42 Å². The van der Waals surface area contributed by atoms with E-state index in [9.17, 15) is 4.79 Å². The second-order valence-corrected chi connectivity index (χ2v) is 6.40. The third-order valence-electron chi connectivity index (χ3n) is 4.60. The van der Waals surface area contributed by atoms with Crippen molar-refractivity contribution in [2.24, 2.45) is 5.92 Å². The van der Waals surface area contributed by atoms with Crippen molar-refractivity contribution in [1.82, 2.24) is 0 Å². The van der Waals surface area contributed by atoms with Crippen LogP contribution < -0.4 is 10.6 Å². The third-order valence-corrected chi connectivity index (χ3v) is 4.60. The van der Waals surface area contributed by atoms with Gasteiger partial charge in [0.25, 0.3) is 5.91 Å². The summed E-state index contributed by atoms with van der Waals surface area (Å²) in [6.07, 6.45) is 5.58. The van der Waals surface area contributed by atoms with Gasteiger partial charge in [-0.2, -0.15) is 5.26 Å². The van der Waals surface area contributed by atoms with Gasteiger partial charge in [0.2, 0.25) is 0 Å². The molecule has 1 aliphatic carbocycles. The first-order chi connectivity index (χ1) is 11.2. The molecule has 0 bridgehead atoms. The Morgan fingerprint density at radius 1 is 1.13 bits per heavy atom. The normalized spacial score (nSPS) is 27.2. The van der Waals surface area contributed by atoms with Gasteiger partial charge in [0.15, 0.2) is 0 Å². The minimum absolute atomic E-state index is 0.0626. The van der Waals surface area contributed by atoms with Gasteiger partial charge in [-0.3, -0.25) is 4.79 Å². The molecule has 0 spiro atoms. The Balaban J connectivity index is 1.52. The van der Waals surface area contributed by atoms with E-state index in [1.807, 2.05) is 24.3 Å². The molecule has 0 aromatic heterocycles. The van der Waals surface area contributed by atoms with E-state index in [0.29, 0.717) is 12.6 Å². The summed E-state index contributed by atoms with van der Waals surface area (Å²) < 4.78 is 5.38. The number of nitrogens with zero attached hydrogens (tertiary/aromatic N) is 1. The van der Waals surface area contributed by atoms with E-state index in [2.05, 4.69) is 16.7 Å². The zero-order valence-corrected chi connectivity index (χ0v) is 13.3. The fourth-order valence-electron chi connectivity index (χ4n) is 3.33. The maximum Gasteiger partial charge on any atom is 0.253 e. The summed E-state index contributed by atoms with van der Waals surface area (Å²) in [5.74, 6) is 0.110. The van der Waals surface area contributed by atoms with Crippen LogP contribution in [0, 0.1) is 17.2 Å². The molecule has 1 aromatic rings. The van der Waals surface area contributed by atoms with Gasteiger partial charge >= 0.3 is 0 Å². The topological polar surface area (TPSA) is 74.2 Å². The largest absolute Gasteiger partial charge is 0.382 e. The Labute approximate surface area is 137 Å². The monoisotopic (exact) mass is 313 g/mol. The molecule has 0 unspecified atom stereocenters. The number of carbonyl (C=O) groups is 1. The number of carbonyl (C=O) groups excluding carboxylic acids is 1. The Kier molecular flexibility index (Phi) is 5.14. The van der Waals surface area contributed by atoms with E-state index in [-0.39, 0.29) is 17.9 Å². The molecule has 2 aliphatic rings. The smallest absolute Gasteiger partial charge is 0.253 e. The lowest BCUT2D eigenvalue weighted by Crippen LogP contribution is -2.27. The Hall–Kier alpha value is -2.06. The van der Waals surface area contributed by atoms with Crippen molar-refractivity contribution in [2.75, 3.05) is 17.2 Å². The van der Waals surface area contributed by atoms with Crippen LogP contribution in [0.2, 0.25) is 0 Å². The molecule has 1 saturated carbocycles. The number of hydrogen-bond donors (Lipinski definition) is 2. The summed E-state index contributed by atoms with van der Waals surface area (Å²) in [6.45, 7) is 0.673. The van der Waals surface area contributed by atoms with Gasteiger partial charge in [0.05, 0.1) is 6.07 Å². The quantitative estimate of drug-likeness (QED) is 0.894. The molecular formula is C18H23N3O2. The average molecular weight is 313 g/mol. The van der Waals surface area contributed by atoms with Crippen molar-refractivity contribution in [2.45, 2.75) is 50.7 Å². The van der Waals surface area contributed by atoms with E-state index >= 15 is 0 Å². The van der Waals surface area contributed by atoms with E-state index in [0.717, 1.165) is 49.9 Å². The number of ether oxygens (including phenoxy) is 1. The molecule has 1 amide bonds. The van der Waals surface area contributed by atoms with E-state index in [1.165, 1.54) is 0 Å². The highest BCUT2D eigenvalue weighted by molar-refractivity contribution is 5.94. The SMILES string of the molecule is N#C[C@@H]1CCC[C@@H](Nc2ccc(NC(=O)[C@@H]3CCCO3)cc2)C1. The Morgan fingerprint density at radius 3 is 2.61 bits per heavy atom.